The molecule has 17 heteroatoms. The molecule has 2 aliphatic heterocycles. The number of para-hydroxylation sites is 2. The summed E-state index contributed by atoms with van der Waals surface area (Å²) in [7, 11) is 8.72. The number of aliphatic carboxylic acids is 1. The molecule has 3 aliphatic rings. The molecule has 478 valence electrons. The molecule has 2 heterocycles. The van der Waals surface area contributed by atoms with Gasteiger partial charge in [0.15, 0.2) is 0 Å². The molecule has 2 fully saturated rings. The van der Waals surface area contributed by atoms with Crippen LogP contribution in [0.1, 0.15) is 119 Å². The minimum absolute atomic E-state index is 0.131. The fourth-order valence-electron chi connectivity index (χ4n) is 11.1. The standard InChI is InChI=1S/C17H20N2S.C16H25NO2.C15H15NO2S.C13H18O2.C11H16N2O3/c1-13(18(2)3)12-19-14-8-4-6-10-16(14)20-17-11-7-5-9-15(17)19;1-17(2)12-14-7-4-5-10-16(14,18)13-8-6-9-15(11-13)19-3;16-14(17)11-19(18)15(12-7-3-1-4-8-12)13-9-5-2-6-10-13;1-9(2)8-11-4-6-12(7-5-11)10(3)13(14)15;1-4-6-11(7(3)5-2)8(14)12-10(16)13-9(11)15/h4-11,13H,12H2,1-3H3;6,8-9,11,14,18H,4-5,7,10,12H2,1-3H3;1-10,15H,11H2,(H2,16,17);4-7,9-10H,8H2,1-3H3,(H,14,15);4,7H,1,5-6H2,2-3H3,(H2,12,13,14,15,16)/t;14-,16+;;;/m.1.../s1. The second-order valence-corrected chi connectivity index (χ2v) is 26.5. The predicted octanol–water partition coefficient (Wildman–Crippen LogP) is 12.9. The summed E-state index contributed by atoms with van der Waals surface area (Å²) in [6, 6.07) is 51.9. The maximum absolute atomic E-state index is 12.4. The van der Waals surface area contributed by atoms with Crippen molar-refractivity contribution in [3.05, 3.63) is 198 Å². The van der Waals surface area contributed by atoms with Gasteiger partial charge in [0.1, 0.15) is 16.9 Å². The Hall–Kier alpha value is -7.41. The second kappa shape index (κ2) is 35.1. The number of anilines is 2. The highest BCUT2D eigenvalue weighted by Gasteiger charge is 2.52. The summed E-state index contributed by atoms with van der Waals surface area (Å²) in [4.78, 5) is 66.1. The van der Waals surface area contributed by atoms with Crippen LogP contribution in [-0.2, 0) is 42.0 Å². The first-order chi connectivity index (χ1) is 42.4. The van der Waals surface area contributed by atoms with Crippen molar-refractivity contribution in [2.75, 3.05) is 59.0 Å². The van der Waals surface area contributed by atoms with Crippen LogP contribution in [0.15, 0.2) is 180 Å². The van der Waals surface area contributed by atoms with E-state index in [0.29, 0.717) is 24.3 Å². The molecule has 9 rings (SSSR count). The number of hydrogen-bond donors (Lipinski definition) is 5. The van der Waals surface area contributed by atoms with Gasteiger partial charge in [0.25, 0.3) is 0 Å². The lowest BCUT2D eigenvalue weighted by Gasteiger charge is -2.41. The fraction of sp³-hybridized carbons (Fsp3) is 0.403. The Morgan fingerprint density at radius 2 is 1.31 bits per heavy atom. The molecular formula is C72H94N6O9S2. The number of benzene rings is 6. The number of carbonyl (C=O) groups excluding carboxylic acids is 4. The average molecular weight is 1250 g/mol. The number of nitrogens with one attached hydrogen (secondary N) is 2. The molecule has 0 bridgehead atoms. The molecule has 0 spiro atoms. The number of rotatable bonds is 20. The van der Waals surface area contributed by atoms with Crippen molar-refractivity contribution in [3.63, 3.8) is 0 Å². The van der Waals surface area contributed by atoms with Gasteiger partial charge in [-0.25, -0.2) is 4.79 Å². The smallest absolute Gasteiger partial charge is 0.328 e. The molecule has 1 saturated heterocycles. The summed E-state index contributed by atoms with van der Waals surface area (Å²) in [6.07, 6.45) is 7.71. The van der Waals surface area contributed by atoms with Crippen molar-refractivity contribution in [1.82, 2.24) is 20.4 Å². The van der Waals surface area contributed by atoms with Crippen molar-refractivity contribution in [1.29, 1.82) is 0 Å². The van der Waals surface area contributed by atoms with E-state index in [-0.39, 0.29) is 23.3 Å². The summed E-state index contributed by atoms with van der Waals surface area (Å²) in [5, 5.41) is 24.0. The monoisotopic (exact) mass is 1250 g/mol. The number of primary amides is 1. The molecule has 6 atom stereocenters. The first-order valence-electron chi connectivity index (χ1n) is 30.6. The van der Waals surface area contributed by atoms with Gasteiger partial charge in [-0.1, -0.05) is 186 Å². The summed E-state index contributed by atoms with van der Waals surface area (Å²) in [5.41, 5.74) is 10.9. The number of amides is 5. The lowest BCUT2D eigenvalue weighted by molar-refractivity contribution is -0.148. The number of barbiturate groups is 1. The van der Waals surface area contributed by atoms with E-state index >= 15 is 0 Å². The Morgan fingerprint density at radius 3 is 1.79 bits per heavy atom. The van der Waals surface area contributed by atoms with Gasteiger partial charge in [-0.3, -0.25) is 34.0 Å². The van der Waals surface area contributed by atoms with Crippen molar-refractivity contribution in [3.8, 4) is 5.75 Å². The zero-order chi connectivity index (χ0) is 65.4. The number of carboxylic acids is 1. The van der Waals surface area contributed by atoms with Crippen LogP contribution in [0.5, 0.6) is 5.75 Å². The minimum atomic E-state index is -1.36. The number of methoxy groups -OCH3 is 1. The van der Waals surface area contributed by atoms with E-state index in [0.717, 1.165) is 66.8 Å². The zero-order valence-electron chi connectivity index (χ0n) is 53.8. The quantitative estimate of drug-likeness (QED) is 0.0356. The van der Waals surface area contributed by atoms with Crippen LogP contribution in [0, 0.1) is 23.2 Å². The Balaban J connectivity index is 0.000000203. The van der Waals surface area contributed by atoms with E-state index in [2.05, 4.69) is 129 Å². The van der Waals surface area contributed by atoms with Crippen molar-refractivity contribution < 1.29 is 43.1 Å². The van der Waals surface area contributed by atoms with E-state index in [1.165, 1.54) is 39.2 Å². The maximum Gasteiger partial charge on any atom is 0.328 e. The van der Waals surface area contributed by atoms with Crippen LogP contribution < -0.4 is 26.0 Å². The Bertz CT molecular complexity index is 3170. The topological polar surface area (TPSA) is 212 Å². The molecular weight excluding hydrogens is 1160 g/mol. The number of allylic oxidation sites excluding steroid dienone is 1. The van der Waals surface area contributed by atoms with Gasteiger partial charge in [0.05, 0.1) is 35.3 Å². The molecule has 5 amide bonds. The highest BCUT2D eigenvalue weighted by molar-refractivity contribution is 7.99. The van der Waals surface area contributed by atoms with E-state index in [1.807, 2.05) is 135 Å². The summed E-state index contributed by atoms with van der Waals surface area (Å²) >= 11 is 1.87. The predicted molar refractivity (Wildman–Crippen MR) is 361 cm³/mol. The van der Waals surface area contributed by atoms with E-state index < -0.39 is 57.5 Å². The fourth-order valence-corrected chi connectivity index (χ4v) is 13.6. The van der Waals surface area contributed by atoms with E-state index in [1.54, 1.807) is 14.0 Å². The summed E-state index contributed by atoms with van der Waals surface area (Å²) < 4.78 is 17.7. The molecule has 0 radical (unpaired) electrons. The third-order valence-corrected chi connectivity index (χ3v) is 19.3. The molecule has 1 saturated carbocycles. The van der Waals surface area contributed by atoms with Crippen molar-refractivity contribution >= 4 is 63.7 Å². The molecule has 4 unspecified atom stereocenters. The second-order valence-electron chi connectivity index (χ2n) is 23.9. The highest BCUT2D eigenvalue weighted by Crippen LogP contribution is 2.48. The molecule has 6 aromatic carbocycles. The number of hydrogen-bond acceptors (Lipinski definition) is 12. The highest BCUT2D eigenvalue weighted by atomic mass is 32.2. The lowest BCUT2D eigenvalue weighted by atomic mass is 9.70. The van der Waals surface area contributed by atoms with Gasteiger partial charge in [-0.05, 0) is 144 Å². The first kappa shape index (κ1) is 72.3. The molecule has 89 heavy (non-hydrogen) atoms. The molecule has 1 aliphatic carbocycles. The molecule has 6 aromatic rings. The van der Waals surface area contributed by atoms with E-state index in [9.17, 15) is 33.3 Å². The van der Waals surface area contributed by atoms with Gasteiger partial charge in [0.2, 0.25) is 17.7 Å². The SMILES string of the molecule is C=CCC1(C(C)CC)C(=O)NC(=O)NC1=O.CC(C)Cc1ccc(C(C)C(=O)O)cc1.CC(CN1c2ccccc2Sc2ccccc21)N(C)C.COc1cccc([C@@]2(O)CCCC[C@@H]2CN(C)C)c1.NC(=O)CS(=O)C(c1ccccc1)c1ccccc1. The third-order valence-electron chi connectivity index (χ3n) is 16.5. The normalized spacial score (nSPS) is 17.8. The number of fused-ring (bicyclic) bond motifs is 2. The summed E-state index contributed by atoms with van der Waals surface area (Å²) in [6.45, 7) is 17.5. The van der Waals surface area contributed by atoms with Crippen molar-refractivity contribution in [2.45, 2.75) is 119 Å². The van der Waals surface area contributed by atoms with Crippen LogP contribution >= 0.6 is 11.8 Å². The largest absolute Gasteiger partial charge is 0.497 e. The number of nitrogens with zero attached hydrogens (tertiary/aromatic N) is 3. The van der Waals surface area contributed by atoms with Gasteiger partial charge < -0.3 is 35.4 Å². The Morgan fingerprint density at radius 1 is 0.775 bits per heavy atom. The Kier molecular flexibility index (Phi) is 28.5. The van der Waals surface area contributed by atoms with Gasteiger partial charge >= 0.3 is 12.0 Å². The minimum Gasteiger partial charge on any atom is -0.497 e. The van der Waals surface area contributed by atoms with Crippen LogP contribution in [0.3, 0.4) is 0 Å². The summed E-state index contributed by atoms with van der Waals surface area (Å²) in [5.74, 6) is -1.34. The number of carbonyl (C=O) groups is 5. The number of ether oxygens (including phenoxy) is 1. The number of aliphatic hydroxyl groups is 1. The number of imide groups is 2. The number of likely N-dealkylation sites (N-methyl/N-ethyl adjacent to an activating group) is 1. The number of nitrogens with two attached hydrogens (primary N) is 1. The van der Waals surface area contributed by atoms with Crippen LogP contribution in [-0.4, -0.2) is 114 Å². The van der Waals surface area contributed by atoms with Crippen LogP contribution in [0.25, 0.3) is 0 Å². The molecule has 0 aromatic heterocycles. The number of carboxylic acid groups (broad SMARTS) is 1. The first-order valence-corrected chi connectivity index (χ1v) is 32.8. The number of urea groups is 1. The molecule has 15 nitrogen and oxygen atoms in total. The lowest BCUT2D eigenvalue weighted by Crippen LogP contribution is -2.64. The van der Waals surface area contributed by atoms with Gasteiger partial charge in [-0.15, -0.1) is 6.58 Å². The zero-order valence-corrected chi connectivity index (χ0v) is 55.5. The van der Waals surface area contributed by atoms with Gasteiger partial charge in [-0.2, -0.15) is 0 Å². The maximum atomic E-state index is 12.4. The average Bonchev–Trinajstić information content (AvgIpc) is 1.17. The third kappa shape index (κ3) is 20.3. The van der Waals surface area contributed by atoms with Crippen LogP contribution in [0.4, 0.5) is 16.2 Å². The molecule has 6 N–H and O–H groups in total. The Labute approximate surface area is 535 Å². The van der Waals surface area contributed by atoms with E-state index in [4.69, 9.17) is 15.6 Å². The van der Waals surface area contributed by atoms with Crippen LogP contribution in [0.2, 0.25) is 0 Å². The van der Waals surface area contributed by atoms with Gasteiger partial charge in [0, 0.05) is 45.6 Å². The van der Waals surface area contributed by atoms with Crippen molar-refractivity contribution in [2.24, 2.45) is 28.9 Å².